The zero-order valence-corrected chi connectivity index (χ0v) is 14.4. The Hall–Kier alpha value is -1.92. The minimum Gasteiger partial charge on any atom is -0.466 e. The smallest absolute Gasteiger partial charge is 0.305 e. The molecule has 0 radical (unpaired) electrons. The van der Waals surface area contributed by atoms with Crippen molar-refractivity contribution >= 4 is 11.9 Å². The first-order valence-corrected chi connectivity index (χ1v) is 8.56. The van der Waals surface area contributed by atoms with Crippen LogP contribution in [0.5, 0.6) is 0 Å². The summed E-state index contributed by atoms with van der Waals surface area (Å²) in [6, 6.07) is -0.704. The monoisotopic (exact) mass is 341 g/mol. The fraction of sp³-hybridized carbons (Fsp3) is 0.765. The van der Waals surface area contributed by atoms with Crippen LogP contribution in [0.4, 0.5) is 0 Å². The van der Waals surface area contributed by atoms with Crippen molar-refractivity contribution < 1.29 is 24.0 Å². The summed E-state index contributed by atoms with van der Waals surface area (Å²) in [6.07, 6.45) is 7.99. The topological polar surface area (TPSA) is 95.7 Å². The van der Waals surface area contributed by atoms with Gasteiger partial charge < -0.3 is 9.47 Å². The van der Waals surface area contributed by atoms with Crippen molar-refractivity contribution in [3.8, 4) is 0 Å². The number of unbranched alkanes of at least 4 members (excludes halogenated alkanes) is 3. The third-order valence-corrected chi connectivity index (χ3v) is 4.24. The first-order chi connectivity index (χ1) is 11.5. The number of hydrogen-bond donors (Lipinski definition) is 0. The highest BCUT2D eigenvalue weighted by atomic mass is 16.6. The van der Waals surface area contributed by atoms with Crippen LogP contribution in [0.1, 0.15) is 52.4 Å². The van der Waals surface area contributed by atoms with Crippen molar-refractivity contribution in [2.24, 2.45) is 11.8 Å². The summed E-state index contributed by atoms with van der Waals surface area (Å²) in [5.41, 5.74) is 0. The number of hydrogen-bond acceptors (Lipinski definition) is 6. The largest absolute Gasteiger partial charge is 0.466 e. The van der Waals surface area contributed by atoms with E-state index in [9.17, 15) is 19.7 Å². The summed E-state index contributed by atoms with van der Waals surface area (Å²) in [4.78, 5) is 33.1. The van der Waals surface area contributed by atoms with Crippen LogP contribution in [0.3, 0.4) is 0 Å². The van der Waals surface area contributed by atoms with E-state index in [0.717, 1.165) is 25.7 Å². The standard InChI is InChI=1S/C17H27NO6/c1-3-23-17(20)9-7-5-4-6-8-15-14(12-24-13(2)19)10-11-16(15)18(21)22/h10-11,14-16H,3-9,12H2,1-2H3/t14-,15+,16?/m1/s1. The number of nitro groups is 1. The summed E-state index contributed by atoms with van der Waals surface area (Å²) in [5, 5.41) is 11.2. The van der Waals surface area contributed by atoms with Crippen LogP contribution in [0.25, 0.3) is 0 Å². The zero-order valence-electron chi connectivity index (χ0n) is 14.4. The number of carbonyl (C=O) groups is 2. The molecular weight excluding hydrogens is 314 g/mol. The van der Waals surface area contributed by atoms with Gasteiger partial charge in [-0.2, -0.15) is 0 Å². The van der Waals surface area contributed by atoms with Crippen LogP contribution in [0.15, 0.2) is 12.2 Å². The predicted molar refractivity (Wildman–Crippen MR) is 87.9 cm³/mol. The lowest BCUT2D eigenvalue weighted by Crippen LogP contribution is -2.30. The molecule has 0 aliphatic heterocycles. The summed E-state index contributed by atoms with van der Waals surface area (Å²) >= 11 is 0. The van der Waals surface area contributed by atoms with Crippen molar-refractivity contribution in [3.63, 3.8) is 0 Å². The molecule has 0 N–H and O–H groups in total. The maximum atomic E-state index is 11.2. The molecule has 7 heteroatoms. The molecule has 7 nitrogen and oxygen atoms in total. The van der Waals surface area contributed by atoms with Crippen LogP contribution in [-0.2, 0) is 19.1 Å². The molecule has 0 bridgehead atoms. The third-order valence-electron chi connectivity index (χ3n) is 4.24. The Balaban J connectivity index is 2.31. The molecule has 0 aromatic carbocycles. The van der Waals surface area contributed by atoms with Gasteiger partial charge in [-0.15, -0.1) is 0 Å². The molecule has 0 amide bonds. The second-order valence-electron chi connectivity index (χ2n) is 6.05. The Bertz CT molecular complexity index is 462. The van der Waals surface area contributed by atoms with Gasteiger partial charge in [0, 0.05) is 30.1 Å². The van der Waals surface area contributed by atoms with Crippen LogP contribution < -0.4 is 0 Å². The van der Waals surface area contributed by atoms with E-state index in [1.807, 2.05) is 0 Å². The van der Waals surface area contributed by atoms with Gasteiger partial charge in [-0.3, -0.25) is 19.7 Å². The minimum absolute atomic E-state index is 0.0937. The molecule has 0 spiro atoms. The summed E-state index contributed by atoms with van der Waals surface area (Å²) in [7, 11) is 0. The molecule has 0 aromatic rings. The van der Waals surface area contributed by atoms with Crippen molar-refractivity contribution in [2.75, 3.05) is 13.2 Å². The van der Waals surface area contributed by atoms with E-state index in [2.05, 4.69) is 0 Å². The Morgan fingerprint density at radius 3 is 2.46 bits per heavy atom. The van der Waals surface area contributed by atoms with E-state index in [1.165, 1.54) is 6.92 Å². The van der Waals surface area contributed by atoms with E-state index in [1.54, 1.807) is 19.1 Å². The zero-order chi connectivity index (χ0) is 17.9. The Kier molecular flexibility index (Phi) is 9.04. The third kappa shape index (κ3) is 7.10. The Morgan fingerprint density at radius 2 is 1.83 bits per heavy atom. The van der Waals surface area contributed by atoms with Crippen LogP contribution in [-0.4, -0.2) is 36.1 Å². The summed E-state index contributed by atoms with van der Waals surface area (Å²) in [6.45, 7) is 3.72. The maximum absolute atomic E-state index is 11.2. The van der Waals surface area contributed by atoms with E-state index >= 15 is 0 Å². The van der Waals surface area contributed by atoms with Crippen molar-refractivity contribution in [3.05, 3.63) is 22.3 Å². The molecule has 1 rings (SSSR count). The van der Waals surface area contributed by atoms with E-state index in [4.69, 9.17) is 9.47 Å². The molecule has 3 atom stereocenters. The van der Waals surface area contributed by atoms with E-state index in [-0.39, 0.29) is 35.3 Å². The molecule has 0 fully saturated rings. The van der Waals surface area contributed by atoms with Gasteiger partial charge in [0.2, 0.25) is 6.04 Å². The maximum Gasteiger partial charge on any atom is 0.305 e. The van der Waals surface area contributed by atoms with Gasteiger partial charge in [0.05, 0.1) is 13.2 Å². The second-order valence-corrected chi connectivity index (χ2v) is 6.05. The van der Waals surface area contributed by atoms with Gasteiger partial charge in [-0.1, -0.05) is 25.3 Å². The molecule has 0 heterocycles. The molecule has 136 valence electrons. The van der Waals surface area contributed by atoms with Crippen molar-refractivity contribution in [2.45, 2.75) is 58.4 Å². The van der Waals surface area contributed by atoms with E-state index in [0.29, 0.717) is 19.4 Å². The fourth-order valence-electron chi connectivity index (χ4n) is 3.04. The minimum atomic E-state index is -0.704. The molecule has 0 saturated heterocycles. The highest BCUT2D eigenvalue weighted by Gasteiger charge is 2.39. The number of carbonyl (C=O) groups excluding carboxylic acids is 2. The molecule has 0 aromatic heterocycles. The highest BCUT2D eigenvalue weighted by Crippen LogP contribution is 2.32. The lowest BCUT2D eigenvalue weighted by Gasteiger charge is -2.20. The lowest BCUT2D eigenvalue weighted by molar-refractivity contribution is -0.518. The van der Waals surface area contributed by atoms with E-state index < -0.39 is 6.04 Å². The fourth-order valence-corrected chi connectivity index (χ4v) is 3.04. The van der Waals surface area contributed by atoms with Gasteiger partial charge in [-0.05, 0) is 25.8 Å². The number of rotatable bonds is 11. The summed E-state index contributed by atoms with van der Waals surface area (Å²) in [5.74, 6) is -0.772. The first-order valence-electron chi connectivity index (χ1n) is 8.56. The predicted octanol–water partition coefficient (Wildman–Crippen LogP) is 2.90. The van der Waals surface area contributed by atoms with Gasteiger partial charge in [0.1, 0.15) is 0 Å². The van der Waals surface area contributed by atoms with Gasteiger partial charge in [0.15, 0.2) is 0 Å². The number of nitrogens with zero attached hydrogens (tertiary/aromatic N) is 1. The first kappa shape index (κ1) is 20.1. The summed E-state index contributed by atoms with van der Waals surface area (Å²) < 4.78 is 9.88. The van der Waals surface area contributed by atoms with Gasteiger partial charge in [-0.25, -0.2) is 0 Å². The molecule has 24 heavy (non-hydrogen) atoms. The van der Waals surface area contributed by atoms with Crippen LogP contribution >= 0.6 is 0 Å². The van der Waals surface area contributed by atoms with Crippen LogP contribution in [0, 0.1) is 22.0 Å². The van der Waals surface area contributed by atoms with Crippen molar-refractivity contribution in [1.29, 1.82) is 0 Å². The lowest BCUT2D eigenvalue weighted by atomic mass is 9.88. The second kappa shape index (κ2) is 10.8. The molecular formula is C17H27NO6. The Labute approximate surface area is 142 Å². The van der Waals surface area contributed by atoms with Crippen molar-refractivity contribution in [1.82, 2.24) is 0 Å². The van der Waals surface area contributed by atoms with Gasteiger partial charge in [0.25, 0.3) is 0 Å². The molecule has 1 aliphatic carbocycles. The Morgan fingerprint density at radius 1 is 1.12 bits per heavy atom. The average molecular weight is 341 g/mol. The normalized spacial score (nSPS) is 22.3. The number of ether oxygens (including phenoxy) is 2. The quantitative estimate of drug-likeness (QED) is 0.188. The average Bonchev–Trinajstić information content (AvgIpc) is 2.92. The SMILES string of the molecule is CCOC(=O)CCCCCC[C@@H]1C([N+](=O)[O-])C=C[C@@H]1COC(C)=O. The molecule has 0 saturated carbocycles. The highest BCUT2D eigenvalue weighted by molar-refractivity contribution is 5.69. The van der Waals surface area contributed by atoms with Gasteiger partial charge >= 0.3 is 11.9 Å². The number of esters is 2. The molecule has 1 unspecified atom stereocenters. The molecule has 1 aliphatic rings. The van der Waals surface area contributed by atoms with Crippen LogP contribution in [0.2, 0.25) is 0 Å².